The smallest absolute Gasteiger partial charge is 0.351 e. The van der Waals surface area contributed by atoms with E-state index in [0.29, 0.717) is 35.4 Å². The van der Waals surface area contributed by atoms with Crippen LogP contribution in [0.2, 0.25) is 0 Å². The third kappa shape index (κ3) is 2.30. The van der Waals surface area contributed by atoms with E-state index in [9.17, 15) is 13.2 Å². The molecule has 5 nitrogen and oxygen atoms in total. The highest BCUT2D eigenvalue weighted by Gasteiger charge is 2.35. The Labute approximate surface area is 129 Å². The summed E-state index contributed by atoms with van der Waals surface area (Å²) in [4.78, 5) is 10.1. The average molecular weight is 319 g/mol. The summed E-state index contributed by atoms with van der Waals surface area (Å²) in [7, 11) is 0. The number of benzene rings is 1. The Morgan fingerprint density at radius 3 is 2.87 bits per heavy atom. The van der Waals surface area contributed by atoms with Crippen LogP contribution in [0.4, 0.5) is 19.0 Å². The molecule has 1 N–H and O–H groups in total. The van der Waals surface area contributed by atoms with Crippen LogP contribution in [-0.2, 0) is 19.1 Å². The zero-order valence-corrected chi connectivity index (χ0v) is 11.9. The molecule has 2 aromatic heterocycles. The maximum Gasteiger partial charge on any atom is 0.416 e. The summed E-state index contributed by atoms with van der Waals surface area (Å²) in [6.07, 6.45) is -0.829. The van der Waals surface area contributed by atoms with Crippen LogP contribution in [-0.4, -0.2) is 26.7 Å². The normalized spacial score (nSPS) is 15.0. The monoisotopic (exact) mass is 319 g/mol. The maximum atomic E-state index is 13.2. The lowest BCUT2D eigenvalue weighted by atomic mass is 9.94. The molecule has 0 unspecified atom stereocenters. The van der Waals surface area contributed by atoms with Crippen molar-refractivity contribution in [2.75, 3.05) is 11.4 Å². The number of rotatable bonds is 1. The first kappa shape index (κ1) is 14.0. The van der Waals surface area contributed by atoms with E-state index in [2.05, 4.69) is 20.2 Å². The van der Waals surface area contributed by atoms with Crippen molar-refractivity contribution in [2.24, 2.45) is 0 Å². The van der Waals surface area contributed by atoms with Gasteiger partial charge in [0.25, 0.3) is 0 Å². The van der Waals surface area contributed by atoms with Gasteiger partial charge in [-0.1, -0.05) is 12.1 Å². The van der Waals surface area contributed by atoms with E-state index in [-0.39, 0.29) is 6.54 Å². The number of anilines is 1. The molecule has 1 aliphatic heterocycles. The Kier molecular flexibility index (Phi) is 3.00. The van der Waals surface area contributed by atoms with E-state index in [1.807, 2.05) is 4.90 Å². The number of aromatic amines is 1. The topological polar surface area (TPSA) is 57.7 Å². The summed E-state index contributed by atoms with van der Waals surface area (Å²) in [6.45, 7) is 0.772. The lowest BCUT2D eigenvalue weighted by molar-refractivity contribution is -0.138. The van der Waals surface area contributed by atoms with Gasteiger partial charge in [-0.05, 0) is 23.6 Å². The van der Waals surface area contributed by atoms with Gasteiger partial charge in [0.05, 0.1) is 17.1 Å². The van der Waals surface area contributed by atoms with E-state index < -0.39 is 11.7 Å². The SMILES string of the molecule is FC(F)(F)c1cccc2c1CN(c1ncnc3[nH]ncc13)CC2. The van der Waals surface area contributed by atoms with Gasteiger partial charge in [-0.2, -0.15) is 18.3 Å². The molecule has 8 heteroatoms. The molecule has 3 aromatic rings. The Hall–Kier alpha value is -2.64. The highest BCUT2D eigenvalue weighted by Crippen LogP contribution is 2.37. The van der Waals surface area contributed by atoms with Gasteiger partial charge in [0.1, 0.15) is 12.1 Å². The van der Waals surface area contributed by atoms with Gasteiger partial charge in [0.2, 0.25) is 0 Å². The summed E-state index contributed by atoms with van der Waals surface area (Å²) in [5.74, 6) is 0.603. The molecule has 0 amide bonds. The van der Waals surface area contributed by atoms with E-state index in [1.165, 1.54) is 12.4 Å². The van der Waals surface area contributed by atoms with Crippen molar-refractivity contribution < 1.29 is 13.2 Å². The highest BCUT2D eigenvalue weighted by atomic mass is 19.4. The summed E-state index contributed by atoms with van der Waals surface area (Å²) in [5.41, 5.74) is 1.07. The summed E-state index contributed by atoms with van der Waals surface area (Å²) < 4.78 is 39.7. The van der Waals surface area contributed by atoms with Gasteiger partial charge < -0.3 is 4.90 Å². The molecule has 0 bridgehead atoms. The van der Waals surface area contributed by atoms with Gasteiger partial charge in [0, 0.05) is 13.1 Å². The largest absolute Gasteiger partial charge is 0.416 e. The Morgan fingerprint density at radius 1 is 1.17 bits per heavy atom. The van der Waals surface area contributed by atoms with Crippen molar-refractivity contribution in [1.29, 1.82) is 0 Å². The number of fused-ring (bicyclic) bond motifs is 2. The molecule has 1 aromatic carbocycles. The van der Waals surface area contributed by atoms with Crippen LogP contribution in [0, 0.1) is 0 Å². The van der Waals surface area contributed by atoms with Crippen molar-refractivity contribution >= 4 is 16.9 Å². The van der Waals surface area contributed by atoms with Crippen molar-refractivity contribution in [3.05, 3.63) is 47.4 Å². The fourth-order valence-electron chi connectivity index (χ4n) is 3.03. The molecule has 0 spiro atoms. The van der Waals surface area contributed by atoms with Crippen LogP contribution in [0.5, 0.6) is 0 Å². The number of alkyl halides is 3. The minimum Gasteiger partial charge on any atom is -0.351 e. The lowest BCUT2D eigenvalue weighted by Gasteiger charge is -2.31. The summed E-state index contributed by atoms with van der Waals surface area (Å²) in [5, 5.41) is 7.38. The predicted octanol–water partition coefficient (Wildman–Crippen LogP) is 2.93. The quantitative estimate of drug-likeness (QED) is 0.749. The maximum absolute atomic E-state index is 13.2. The number of nitrogens with one attached hydrogen (secondary N) is 1. The zero-order chi connectivity index (χ0) is 16.0. The number of H-pyrrole nitrogens is 1. The molecule has 0 saturated heterocycles. The number of hydrogen-bond donors (Lipinski definition) is 1. The third-order valence-corrected chi connectivity index (χ3v) is 4.10. The summed E-state index contributed by atoms with van der Waals surface area (Å²) in [6, 6.07) is 4.36. The predicted molar refractivity (Wildman–Crippen MR) is 77.9 cm³/mol. The molecule has 1 aliphatic rings. The second kappa shape index (κ2) is 4.94. The molecule has 0 radical (unpaired) electrons. The van der Waals surface area contributed by atoms with Crippen LogP contribution in [0.1, 0.15) is 16.7 Å². The van der Waals surface area contributed by atoms with Crippen LogP contribution in [0.3, 0.4) is 0 Å². The van der Waals surface area contributed by atoms with Crippen molar-refractivity contribution in [3.63, 3.8) is 0 Å². The van der Waals surface area contributed by atoms with Gasteiger partial charge in [0.15, 0.2) is 5.65 Å². The molecular formula is C15H12F3N5. The van der Waals surface area contributed by atoms with Crippen LogP contribution in [0.25, 0.3) is 11.0 Å². The number of nitrogens with zero attached hydrogens (tertiary/aromatic N) is 4. The molecule has 0 saturated carbocycles. The fraction of sp³-hybridized carbons (Fsp3) is 0.267. The number of halogens is 3. The fourth-order valence-corrected chi connectivity index (χ4v) is 3.03. The third-order valence-electron chi connectivity index (χ3n) is 4.10. The van der Waals surface area contributed by atoms with E-state index in [0.717, 1.165) is 11.6 Å². The Balaban J connectivity index is 1.78. The first-order valence-electron chi connectivity index (χ1n) is 7.11. The minimum atomic E-state index is -4.36. The molecule has 4 rings (SSSR count). The second-order valence-corrected chi connectivity index (χ2v) is 5.44. The average Bonchev–Trinajstić information content (AvgIpc) is 3.01. The molecule has 118 valence electrons. The van der Waals surface area contributed by atoms with Gasteiger partial charge in [-0.15, -0.1) is 0 Å². The van der Waals surface area contributed by atoms with Crippen molar-refractivity contribution in [2.45, 2.75) is 19.1 Å². The van der Waals surface area contributed by atoms with Crippen LogP contribution >= 0.6 is 0 Å². The van der Waals surface area contributed by atoms with Crippen LogP contribution in [0.15, 0.2) is 30.7 Å². The first-order chi connectivity index (χ1) is 11.0. The standard InChI is InChI=1S/C15H12F3N5/c16-15(17,18)12-3-1-2-9-4-5-23(7-11(9)12)14-10-6-21-22-13(10)19-8-20-14/h1-3,6,8H,4-5,7H2,(H,19,20,21,22). The van der Waals surface area contributed by atoms with E-state index in [4.69, 9.17) is 0 Å². The molecular weight excluding hydrogens is 307 g/mol. The second-order valence-electron chi connectivity index (χ2n) is 5.44. The van der Waals surface area contributed by atoms with E-state index in [1.54, 1.807) is 12.3 Å². The van der Waals surface area contributed by atoms with Crippen LogP contribution < -0.4 is 4.90 Å². The molecule has 23 heavy (non-hydrogen) atoms. The van der Waals surface area contributed by atoms with E-state index >= 15 is 0 Å². The Morgan fingerprint density at radius 2 is 2.04 bits per heavy atom. The molecule has 0 fully saturated rings. The highest BCUT2D eigenvalue weighted by molar-refractivity contribution is 5.86. The zero-order valence-electron chi connectivity index (χ0n) is 11.9. The molecule has 3 heterocycles. The first-order valence-corrected chi connectivity index (χ1v) is 7.11. The molecule has 0 aliphatic carbocycles. The van der Waals surface area contributed by atoms with Gasteiger partial charge in [-0.25, -0.2) is 9.97 Å². The minimum absolute atomic E-state index is 0.169. The molecule has 0 atom stereocenters. The number of hydrogen-bond acceptors (Lipinski definition) is 4. The van der Waals surface area contributed by atoms with Gasteiger partial charge >= 0.3 is 6.18 Å². The lowest BCUT2D eigenvalue weighted by Crippen LogP contribution is -2.33. The number of aromatic nitrogens is 4. The van der Waals surface area contributed by atoms with Gasteiger partial charge in [-0.3, -0.25) is 5.10 Å². The summed E-state index contributed by atoms with van der Waals surface area (Å²) >= 11 is 0. The van der Waals surface area contributed by atoms with Crippen molar-refractivity contribution in [1.82, 2.24) is 20.2 Å². The Bertz CT molecular complexity index is 871. The van der Waals surface area contributed by atoms with Crippen molar-refractivity contribution in [3.8, 4) is 0 Å².